The molecule has 0 aromatic heterocycles. The minimum atomic E-state index is -0.598. The lowest BCUT2D eigenvalue weighted by Gasteiger charge is -2.21. The van der Waals surface area contributed by atoms with Gasteiger partial charge in [-0.2, -0.15) is 0 Å². The zero-order valence-electron chi connectivity index (χ0n) is 7.30. The van der Waals surface area contributed by atoms with Gasteiger partial charge in [-0.25, -0.2) is 0 Å². The second kappa shape index (κ2) is 3.22. The van der Waals surface area contributed by atoms with Crippen molar-refractivity contribution < 1.29 is 5.11 Å². The molecule has 1 rings (SSSR count). The van der Waals surface area contributed by atoms with Crippen molar-refractivity contribution in [2.45, 2.75) is 38.7 Å². The molecule has 0 fully saturated rings. The van der Waals surface area contributed by atoms with Crippen molar-refractivity contribution in [2.75, 3.05) is 0 Å². The standard InChI is InChI=1S/C10H16O/c1-3-5-9-6-4-7-10(2,11)8-9/h4,6,8,11H,3,5,7H2,1-2H3. The highest BCUT2D eigenvalue weighted by Crippen LogP contribution is 2.22. The third kappa shape index (κ3) is 2.51. The first-order chi connectivity index (χ1) is 5.14. The topological polar surface area (TPSA) is 20.2 Å². The Labute approximate surface area is 68.4 Å². The summed E-state index contributed by atoms with van der Waals surface area (Å²) in [7, 11) is 0. The Kier molecular flexibility index (Phi) is 2.50. The van der Waals surface area contributed by atoms with Crippen molar-refractivity contribution in [2.24, 2.45) is 0 Å². The second-order valence-corrected chi connectivity index (χ2v) is 3.43. The fourth-order valence-corrected chi connectivity index (χ4v) is 1.40. The Balaban J connectivity index is 2.64. The Morgan fingerprint density at radius 3 is 2.91 bits per heavy atom. The minimum absolute atomic E-state index is 0.598. The summed E-state index contributed by atoms with van der Waals surface area (Å²) in [4.78, 5) is 0. The highest BCUT2D eigenvalue weighted by atomic mass is 16.3. The van der Waals surface area contributed by atoms with Gasteiger partial charge in [-0.1, -0.05) is 25.5 Å². The molecule has 1 unspecified atom stereocenters. The lowest BCUT2D eigenvalue weighted by Crippen LogP contribution is -2.21. The van der Waals surface area contributed by atoms with Crippen molar-refractivity contribution >= 4 is 0 Å². The van der Waals surface area contributed by atoms with E-state index in [0.29, 0.717) is 0 Å². The first kappa shape index (κ1) is 8.54. The maximum Gasteiger partial charge on any atom is 0.0839 e. The van der Waals surface area contributed by atoms with Crippen molar-refractivity contribution in [1.82, 2.24) is 0 Å². The summed E-state index contributed by atoms with van der Waals surface area (Å²) in [5, 5.41) is 9.64. The van der Waals surface area contributed by atoms with E-state index in [0.717, 1.165) is 19.3 Å². The van der Waals surface area contributed by atoms with Crippen LogP contribution < -0.4 is 0 Å². The van der Waals surface area contributed by atoms with Gasteiger partial charge in [0.1, 0.15) is 0 Å². The van der Waals surface area contributed by atoms with Crippen LogP contribution in [-0.2, 0) is 0 Å². The van der Waals surface area contributed by atoms with Crippen molar-refractivity contribution in [1.29, 1.82) is 0 Å². The van der Waals surface area contributed by atoms with Gasteiger partial charge in [-0.3, -0.25) is 0 Å². The SMILES string of the molecule is CCCC1=CC(C)(O)CC=C1. The molecule has 1 heteroatoms. The molecule has 0 aromatic carbocycles. The molecule has 62 valence electrons. The number of aliphatic hydroxyl groups is 1. The van der Waals surface area contributed by atoms with Crippen LogP contribution in [0, 0.1) is 0 Å². The molecular formula is C10H16O. The van der Waals surface area contributed by atoms with Crippen molar-refractivity contribution in [3.8, 4) is 0 Å². The van der Waals surface area contributed by atoms with E-state index >= 15 is 0 Å². The molecule has 0 saturated carbocycles. The molecule has 0 amide bonds. The minimum Gasteiger partial charge on any atom is -0.386 e. The van der Waals surface area contributed by atoms with Gasteiger partial charge < -0.3 is 5.11 Å². The van der Waals surface area contributed by atoms with E-state index in [1.807, 2.05) is 19.1 Å². The molecule has 1 aliphatic rings. The molecule has 11 heavy (non-hydrogen) atoms. The fourth-order valence-electron chi connectivity index (χ4n) is 1.40. The van der Waals surface area contributed by atoms with Crippen LogP contribution in [0.4, 0.5) is 0 Å². The van der Waals surface area contributed by atoms with E-state index in [1.54, 1.807) is 0 Å². The lowest BCUT2D eigenvalue weighted by atomic mass is 9.92. The summed E-state index contributed by atoms with van der Waals surface area (Å²) in [6.07, 6.45) is 9.10. The van der Waals surface area contributed by atoms with Gasteiger partial charge in [-0.05, 0) is 31.4 Å². The van der Waals surface area contributed by atoms with Gasteiger partial charge >= 0.3 is 0 Å². The predicted octanol–water partition coefficient (Wildman–Crippen LogP) is 2.42. The number of hydrogen-bond donors (Lipinski definition) is 1. The molecule has 0 aromatic rings. The molecule has 1 atom stereocenters. The summed E-state index contributed by atoms with van der Waals surface area (Å²) in [6.45, 7) is 4.00. The van der Waals surface area contributed by atoms with E-state index in [1.165, 1.54) is 5.57 Å². The Morgan fingerprint density at radius 1 is 1.64 bits per heavy atom. The maximum atomic E-state index is 9.64. The zero-order valence-corrected chi connectivity index (χ0v) is 7.30. The van der Waals surface area contributed by atoms with Crippen LogP contribution in [0.3, 0.4) is 0 Å². The third-order valence-corrected chi connectivity index (χ3v) is 1.90. The monoisotopic (exact) mass is 152 g/mol. The highest BCUT2D eigenvalue weighted by molar-refractivity contribution is 5.27. The third-order valence-electron chi connectivity index (χ3n) is 1.90. The average Bonchev–Trinajstić information content (AvgIpc) is 1.85. The maximum absolute atomic E-state index is 9.64. The zero-order chi connectivity index (χ0) is 8.32. The van der Waals surface area contributed by atoms with E-state index in [-0.39, 0.29) is 0 Å². The summed E-state index contributed by atoms with van der Waals surface area (Å²) in [6, 6.07) is 0. The molecule has 1 N–H and O–H groups in total. The first-order valence-corrected chi connectivity index (χ1v) is 4.25. The largest absolute Gasteiger partial charge is 0.386 e. The van der Waals surface area contributed by atoms with Gasteiger partial charge in [0.15, 0.2) is 0 Å². The predicted molar refractivity (Wildman–Crippen MR) is 47.4 cm³/mol. The molecular weight excluding hydrogens is 136 g/mol. The van der Waals surface area contributed by atoms with Gasteiger partial charge in [0, 0.05) is 0 Å². The average molecular weight is 152 g/mol. The van der Waals surface area contributed by atoms with Crippen molar-refractivity contribution in [3.63, 3.8) is 0 Å². The quantitative estimate of drug-likeness (QED) is 0.644. The molecule has 0 saturated heterocycles. The molecule has 1 aliphatic carbocycles. The lowest BCUT2D eigenvalue weighted by molar-refractivity contribution is 0.113. The van der Waals surface area contributed by atoms with Gasteiger partial charge in [0.2, 0.25) is 0 Å². The Hall–Kier alpha value is -0.560. The van der Waals surface area contributed by atoms with Crippen LogP contribution in [0.15, 0.2) is 23.8 Å². The van der Waals surface area contributed by atoms with Crippen LogP contribution in [-0.4, -0.2) is 10.7 Å². The van der Waals surface area contributed by atoms with E-state index in [9.17, 15) is 5.11 Å². The van der Waals surface area contributed by atoms with Gasteiger partial charge in [0.25, 0.3) is 0 Å². The molecule has 0 bridgehead atoms. The van der Waals surface area contributed by atoms with Crippen molar-refractivity contribution in [3.05, 3.63) is 23.8 Å². The van der Waals surface area contributed by atoms with Crippen LogP contribution in [0.2, 0.25) is 0 Å². The summed E-state index contributed by atoms with van der Waals surface area (Å²) in [5.41, 5.74) is 0.669. The van der Waals surface area contributed by atoms with Crippen LogP contribution >= 0.6 is 0 Å². The molecule has 0 spiro atoms. The Bertz CT molecular complexity index is 187. The smallest absolute Gasteiger partial charge is 0.0839 e. The van der Waals surface area contributed by atoms with Crippen LogP contribution in [0.1, 0.15) is 33.1 Å². The highest BCUT2D eigenvalue weighted by Gasteiger charge is 2.18. The first-order valence-electron chi connectivity index (χ1n) is 4.25. The molecule has 0 heterocycles. The van der Waals surface area contributed by atoms with Crippen LogP contribution in [0.25, 0.3) is 0 Å². The van der Waals surface area contributed by atoms with Gasteiger partial charge in [0.05, 0.1) is 5.60 Å². The van der Waals surface area contributed by atoms with E-state index in [2.05, 4.69) is 13.0 Å². The summed E-state index contributed by atoms with van der Waals surface area (Å²) < 4.78 is 0. The normalized spacial score (nSPS) is 30.3. The van der Waals surface area contributed by atoms with Gasteiger partial charge in [-0.15, -0.1) is 0 Å². The van der Waals surface area contributed by atoms with Crippen LogP contribution in [0.5, 0.6) is 0 Å². The number of allylic oxidation sites excluding steroid dienone is 2. The molecule has 0 aliphatic heterocycles. The summed E-state index contributed by atoms with van der Waals surface area (Å²) >= 11 is 0. The molecule has 0 radical (unpaired) electrons. The number of hydrogen-bond acceptors (Lipinski definition) is 1. The molecule has 1 nitrogen and oxygen atoms in total. The fraction of sp³-hybridized carbons (Fsp3) is 0.600. The Morgan fingerprint density at radius 2 is 2.36 bits per heavy atom. The number of rotatable bonds is 2. The van der Waals surface area contributed by atoms with E-state index in [4.69, 9.17) is 0 Å². The second-order valence-electron chi connectivity index (χ2n) is 3.43. The van der Waals surface area contributed by atoms with E-state index < -0.39 is 5.60 Å². The summed E-state index contributed by atoms with van der Waals surface area (Å²) in [5.74, 6) is 0.